The number of hydrogen-bond acceptors (Lipinski definition) is 4. The molecule has 1 aromatic heterocycles. The summed E-state index contributed by atoms with van der Waals surface area (Å²) < 4.78 is 2.40. The third kappa shape index (κ3) is 6.59. The number of piperidine rings is 1. The number of carbonyl (C=O) groups is 1. The minimum atomic E-state index is 0.00638. The Morgan fingerprint density at radius 3 is 2.46 bits per heavy atom. The van der Waals surface area contributed by atoms with E-state index < -0.39 is 0 Å². The van der Waals surface area contributed by atoms with Crippen LogP contribution in [0.2, 0.25) is 0 Å². The fourth-order valence-electron chi connectivity index (χ4n) is 6.29. The summed E-state index contributed by atoms with van der Waals surface area (Å²) >= 11 is 0. The first-order valence-corrected chi connectivity index (χ1v) is 15.1. The van der Waals surface area contributed by atoms with E-state index in [4.69, 9.17) is 0 Å². The minimum Gasteiger partial charge on any atom is -0.352 e. The van der Waals surface area contributed by atoms with Crippen molar-refractivity contribution in [2.75, 3.05) is 19.6 Å². The minimum absolute atomic E-state index is 0.00638. The molecule has 0 spiro atoms. The highest BCUT2D eigenvalue weighted by atomic mass is 16.3. The lowest BCUT2D eigenvalue weighted by molar-refractivity contribution is -0.124. The van der Waals surface area contributed by atoms with Crippen LogP contribution in [0, 0.1) is 10.8 Å². The molecule has 1 fully saturated rings. The molecule has 1 N–H and O–H groups in total. The van der Waals surface area contributed by atoms with E-state index in [1.54, 1.807) is 0 Å². The quantitative estimate of drug-likeness (QED) is 0.194. The number of fused-ring (bicyclic) bond motifs is 1. The van der Waals surface area contributed by atoms with E-state index >= 15 is 0 Å². The summed E-state index contributed by atoms with van der Waals surface area (Å²) in [4.78, 5) is 25.6. The molecule has 3 aromatic carbocycles. The predicted octanol–water partition coefficient (Wildman–Crippen LogP) is 7.81. The summed E-state index contributed by atoms with van der Waals surface area (Å²) in [5.74, 6) is 0.681. The van der Waals surface area contributed by atoms with Gasteiger partial charge >= 0.3 is 0 Å². The zero-order chi connectivity index (χ0) is 28.8. The fraction of sp³-hybridized carbons (Fsp3) is 0.400. The summed E-state index contributed by atoms with van der Waals surface area (Å²) in [5, 5.41) is 7.45. The topological polar surface area (TPSA) is 66.7 Å². The summed E-state index contributed by atoms with van der Waals surface area (Å²) in [6.07, 6.45) is 4.45. The van der Waals surface area contributed by atoms with Crippen molar-refractivity contribution in [3.63, 3.8) is 0 Å². The lowest BCUT2D eigenvalue weighted by Crippen LogP contribution is -2.34. The highest BCUT2D eigenvalue weighted by molar-refractivity contribution is 5.92. The van der Waals surface area contributed by atoms with Crippen LogP contribution >= 0.6 is 0 Å². The molecule has 1 aliphatic heterocycles. The van der Waals surface area contributed by atoms with Crippen LogP contribution in [-0.4, -0.2) is 35.0 Å². The van der Waals surface area contributed by atoms with Gasteiger partial charge in [0.15, 0.2) is 0 Å². The summed E-state index contributed by atoms with van der Waals surface area (Å²) in [5.41, 5.74) is 8.09. The number of benzene rings is 3. The average molecular weight is 551 g/mol. The van der Waals surface area contributed by atoms with Gasteiger partial charge in [0.25, 0.3) is 0 Å². The predicted molar refractivity (Wildman–Crippen MR) is 168 cm³/mol. The van der Waals surface area contributed by atoms with Gasteiger partial charge in [-0.05, 0) is 104 Å². The van der Waals surface area contributed by atoms with Crippen LogP contribution in [0.1, 0.15) is 62.6 Å². The number of para-hydroxylation sites is 1. The Labute approximate surface area is 243 Å². The highest BCUT2D eigenvalue weighted by Crippen LogP contribution is 2.36. The van der Waals surface area contributed by atoms with Crippen LogP contribution < -0.4 is 5.32 Å². The number of amides is 1. The van der Waals surface area contributed by atoms with Crippen molar-refractivity contribution >= 4 is 22.5 Å². The first-order valence-electron chi connectivity index (χ1n) is 15.1. The largest absolute Gasteiger partial charge is 0.352 e. The molecule has 1 amide bonds. The van der Waals surface area contributed by atoms with Gasteiger partial charge in [0.1, 0.15) is 5.69 Å². The number of nitrogens with one attached hydrogen (secondary N) is 1. The maximum Gasteiger partial charge on any atom is 0.222 e. The maximum absolute atomic E-state index is 12.0. The van der Waals surface area contributed by atoms with Crippen molar-refractivity contribution in [2.24, 2.45) is 11.1 Å². The molecule has 0 unspecified atom stereocenters. The molecule has 6 heteroatoms. The molecule has 1 aliphatic rings. The van der Waals surface area contributed by atoms with Gasteiger partial charge in [-0.2, -0.15) is 0 Å². The Kier molecular flexibility index (Phi) is 9.30. The van der Waals surface area contributed by atoms with Gasteiger partial charge in [0.2, 0.25) is 5.91 Å². The number of aryl methyl sites for hydroxylation is 2. The Morgan fingerprint density at radius 1 is 1.00 bits per heavy atom. The molecule has 0 saturated carbocycles. The van der Waals surface area contributed by atoms with E-state index in [9.17, 15) is 9.70 Å². The highest BCUT2D eigenvalue weighted by Gasteiger charge is 2.22. The third-order valence-corrected chi connectivity index (χ3v) is 8.54. The number of rotatable bonds is 11. The standard InChI is InChI=1S/C35H42N4O2/c1-4-39-33-13-6-5-11-31(33)32(34(39)28-14-16-30(37-41)17-15-28)12-8-20-38-21-18-27(19-22-38)29-10-7-9-26(23-29)24-36-35(40)25(2)3/h5-7,9-11,13-17,23,25,27H,4,8,12,18-22,24H2,1-3H3,(H,36,40). The summed E-state index contributed by atoms with van der Waals surface area (Å²) in [7, 11) is 0. The first-order chi connectivity index (χ1) is 20.0. The Balaban J connectivity index is 1.22. The third-order valence-electron chi connectivity index (χ3n) is 8.54. The van der Waals surface area contributed by atoms with Crippen LogP contribution in [0.25, 0.3) is 22.2 Å². The maximum atomic E-state index is 12.0. The Morgan fingerprint density at radius 2 is 1.76 bits per heavy atom. The number of hydrogen-bond donors (Lipinski definition) is 1. The Bertz CT molecular complexity index is 1480. The van der Waals surface area contributed by atoms with Crippen LogP contribution in [0.3, 0.4) is 0 Å². The number of nitrogens with zero attached hydrogens (tertiary/aromatic N) is 3. The van der Waals surface area contributed by atoms with Gasteiger partial charge in [0.05, 0.1) is 5.69 Å². The molecule has 214 valence electrons. The fourth-order valence-corrected chi connectivity index (χ4v) is 6.29. The molecule has 0 bridgehead atoms. The lowest BCUT2D eigenvalue weighted by atomic mass is 9.88. The molecule has 6 nitrogen and oxygen atoms in total. The van der Waals surface area contributed by atoms with Gasteiger partial charge in [-0.3, -0.25) is 4.79 Å². The molecular weight excluding hydrogens is 508 g/mol. The van der Waals surface area contributed by atoms with E-state index in [2.05, 4.69) is 75.4 Å². The second kappa shape index (κ2) is 13.3. The van der Waals surface area contributed by atoms with Crippen LogP contribution in [0.15, 0.2) is 78.0 Å². The number of carbonyl (C=O) groups excluding carboxylic acids is 1. The van der Waals surface area contributed by atoms with E-state index in [1.807, 2.05) is 38.1 Å². The monoisotopic (exact) mass is 550 g/mol. The van der Waals surface area contributed by atoms with Crippen LogP contribution in [0.4, 0.5) is 5.69 Å². The van der Waals surface area contributed by atoms with E-state index in [1.165, 1.54) is 46.1 Å². The number of nitroso groups, excluding NO2 is 1. The van der Waals surface area contributed by atoms with Crippen molar-refractivity contribution < 1.29 is 4.79 Å². The first kappa shape index (κ1) is 28.7. The van der Waals surface area contributed by atoms with E-state index in [-0.39, 0.29) is 11.8 Å². The van der Waals surface area contributed by atoms with Gasteiger partial charge < -0.3 is 14.8 Å². The summed E-state index contributed by atoms with van der Waals surface area (Å²) in [6.45, 7) is 10.9. The number of aromatic nitrogens is 1. The normalized spacial score (nSPS) is 14.5. The Hall–Kier alpha value is -3.77. The van der Waals surface area contributed by atoms with Crippen LogP contribution in [0.5, 0.6) is 0 Å². The zero-order valence-corrected chi connectivity index (χ0v) is 24.6. The second-order valence-electron chi connectivity index (χ2n) is 11.6. The average Bonchev–Trinajstić information content (AvgIpc) is 3.33. The van der Waals surface area contributed by atoms with Gasteiger partial charge in [0, 0.05) is 29.9 Å². The van der Waals surface area contributed by atoms with Crippen molar-refractivity contribution in [1.82, 2.24) is 14.8 Å². The molecular formula is C35H42N4O2. The molecule has 0 atom stereocenters. The molecule has 5 rings (SSSR count). The van der Waals surface area contributed by atoms with Gasteiger partial charge in [-0.1, -0.05) is 68.4 Å². The SMILES string of the molecule is CCn1c(-c2ccc(N=O)cc2)c(CCCN2CCC(c3cccc(CNC(=O)C(C)C)c3)CC2)c2ccccc21. The van der Waals surface area contributed by atoms with Gasteiger partial charge in [-0.25, -0.2) is 0 Å². The van der Waals surface area contributed by atoms with Gasteiger partial charge in [-0.15, -0.1) is 4.91 Å². The molecule has 0 aliphatic carbocycles. The smallest absolute Gasteiger partial charge is 0.222 e. The van der Waals surface area contributed by atoms with Crippen molar-refractivity contribution in [1.29, 1.82) is 0 Å². The van der Waals surface area contributed by atoms with E-state index in [0.29, 0.717) is 18.2 Å². The lowest BCUT2D eigenvalue weighted by Gasteiger charge is -2.32. The number of likely N-dealkylation sites (tertiary alicyclic amines) is 1. The summed E-state index contributed by atoms with van der Waals surface area (Å²) in [6, 6.07) is 25.1. The second-order valence-corrected chi connectivity index (χ2v) is 11.6. The molecule has 1 saturated heterocycles. The molecule has 2 heterocycles. The van der Waals surface area contributed by atoms with Crippen molar-refractivity contribution in [3.05, 3.63) is 94.4 Å². The van der Waals surface area contributed by atoms with Crippen molar-refractivity contribution in [3.8, 4) is 11.3 Å². The molecule has 0 radical (unpaired) electrons. The molecule has 4 aromatic rings. The molecule has 41 heavy (non-hydrogen) atoms. The zero-order valence-electron chi connectivity index (χ0n) is 24.6. The van der Waals surface area contributed by atoms with Crippen molar-refractivity contribution in [2.45, 2.75) is 65.5 Å². The van der Waals surface area contributed by atoms with E-state index in [0.717, 1.165) is 44.6 Å². The van der Waals surface area contributed by atoms with Crippen LogP contribution in [-0.2, 0) is 24.3 Å².